The van der Waals surface area contributed by atoms with Crippen LogP contribution >= 0.6 is 0 Å². The number of anilines is 1. The van der Waals surface area contributed by atoms with Gasteiger partial charge in [0, 0.05) is 55.8 Å². The third kappa shape index (κ3) is 5.21. The molecule has 0 aliphatic carbocycles. The van der Waals surface area contributed by atoms with Gasteiger partial charge in [-0.2, -0.15) is 5.10 Å². The molecule has 7 rings (SSSR count). The van der Waals surface area contributed by atoms with Gasteiger partial charge < -0.3 is 24.8 Å². The molecule has 2 aliphatic rings. The molecule has 2 amide bonds. The second-order valence-corrected chi connectivity index (χ2v) is 11.1. The number of fused-ring (bicyclic) bond motifs is 2. The molecule has 0 atom stereocenters. The van der Waals surface area contributed by atoms with E-state index < -0.39 is 0 Å². The number of aryl methyl sites for hydroxylation is 1. The van der Waals surface area contributed by atoms with Crippen molar-refractivity contribution in [2.45, 2.75) is 12.8 Å². The van der Waals surface area contributed by atoms with E-state index in [0.29, 0.717) is 65.9 Å². The van der Waals surface area contributed by atoms with Crippen LogP contribution in [0.1, 0.15) is 23.2 Å². The summed E-state index contributed by atoms with van der Waals surface area (Å²) >= 11 is 0. The molecule has 220 valence electrons. The van der Waals surface area contributed by atoms with E-state index in [2.05, 4.69) is 37.2 Å². The van der Waals surface area contributed by atoms with E-state index in [4.69, 9.17) is 14.8 Å². The SMILES string of the molecule is CN1CCC(C(=O)Nc2cncc(-c3cnc4c(c3)c(-c3nc5c(C(=O)N6CCOCC6)ccnc5[nH]3)nn4C)c2)CC1. The third-order valence-corrected chi connectivity index (χ3v) is 8.24. The number of ether oxygens (including phenoxy) is 1. The number of rotatable bonds is 5. The average Bonchev–Trinajstić information content (AvgIpc) is 3.62. The first-order valence-electron chi connectivity index (χ1n) is 14.4. The summed E-state index contributed by atoms with van der Waals surface area (Å²) in [6, 6.07) is 5.60. The van der Waals surface area contributed by atoms with Crippen LogP contribution in [0.4, 0.5) is 5.69 Å². The molecule has 2 fully saturated rings. The van der Waals surface area contributed by atoms with Crippen molar-refractivity contribution < 1.29 is 14.3 Å². The van der Waals surface area contributed by atoms with Gasteiger partial charge >= 0.3 is 0 Å². The van der Waals surface area contributed by atoms with Crippen LogP contribution in [0.5, 0.6) is 0 Å². The molecule has 2 saturated heterocycles. The highest BCUT2D eigenvalue weighted by atomic mass is 16.5. The Labute approximate surface area is 247 Å². The highest BCUT2D eigenvalue weighted by molar-refractivity contribution is 6.05. The highest BCUT2D eigenvalue weighted by Gasteiger charge is 2.25. The summed E-state index contributed by atoms with van der Waals surface area (Å²) in [5, 5.41) is 8.54. The van der Waals surface area contributed by atoms with Crippen molar-refractivity contribution in [3.63, 3.8) is 0 Å². The Morgan fingerprint density at radius 3 is 2.60 bits per heavy atom. The standard InChI is InChI=1S/C30H32N10O3/c1-38-7-4-18(5-8-38)29(41)34-21-13-19(15-31-17-21)20-14-23-25(37-39(2)28(23)33-16-20)27-35-24-22(3-6-32-26(24)36-27)30(42)40-9-11-43-12-10-40/h3,6,13-18H,4-5,7-12H2,1-2H3,(H,34,41)(H,32,35,36). The lowest BCUT2D eigenvalue weighted by Crippen LogP contribution is -2.40. The molecule has 0 spiro atoms. The second-order valence-electron chi connectivity index (χ2n) is 11.1. The van der Waals surface area contributed by atoms with Gasteiger partial charge in [-0.1, -0.05) is 0 Å². The molecule has 2 aliphatic heterocycles. The molecular formula is C30H32N10O3. The van der Waals surface area contributed by atoms with Crippen LogP contribution in [0, 0.1) is 5.92 Å². The lowest BCUT2D eigenvalue weighted by Gasteiger charge is -2.28. The van der Waals surface area contributed by atoms with Crippen LogP contribution < -0.4 is 5.32 Å². The van der Waals surface area contributed by atoms with Crippen LogP contribution in [0.25, 0.3) is 44.8 Å². The van der Waals surface area contributed by atoms with Gasteiger partial charge in [0.05, 0.1) is 36.0 Å². The fourth-order valence-electron chi connectivity index (χ4n) is 5.79. The molecule has 2 N–H and O–H groups in total. The number of nitrogens with zero attached hydrogens (tertiary/aromatic N) is 8. The molecule has 0 radical (unpaired) electrons. The maximum Gasteiger partial charge on any atom is 0.256 e. The number of nitrogens with one attached hydrogen (secondary N) is 2. The zero-order valence-electron chi connectivity index (χ0n) is 24.1. The van der Waals surface area contributed by atoms with Gasteiger partial charge in [-0.25, -0.2) is 19.6 Å². The van der Waals surface area contributed by atoms with Crippen molar-refractivity contribution in [3.8, 4) is 22.6 Å². The van der Waals surface area contributed by atoms with Crippen LogP contribution in [-0.4, -0.2) is 103 Å². The normalized spacial score (nSPS) is 16.7. The summed E-state index contributed by atoms with van der Waals surface area (Å²) in [4.78, 5) is 51.8. The maximum atomic E-state index is 13.3. The Morgan fingerprint density at radius 1 is 1.00 bits per heavy atom. The van der Waals surface area contributed by atoms with Crippen LogP contribution in [0.2, 0.25) is 0 Å². The van der Waals surface area contributed by atoms with Gasteiger partial charge in [0.25, 0.3) is 5.91 Å². The Hall–Kier alpha value is -4.75. The summed E-state index contributed by atoms with van der Waals surface area (Å²) in [6.07, 6.45) is 8.49. The van der Waals surface area contributed by atoms with E-state index in [-0.39, 0.29) is 17.7 Å². The average molecular weight is 581 g/mol. The molecule has 13 heteroatoms. The predicted molar refractivity (Wildman–Crippen MR) is 160 cm³/mol. The topological polar surface area (TPSA) is 147 Å². The molecule has 0 aromatic carbocycles. The van der Waals surface area contributed by atoms with Gasteiger partial charge in [-0.15, -0.1) is 0 Å². The highest BCUT2D eigenvalue weighted by Crippen LogP contribution is 2.31. The van der Waals surface area contributed by atoms with Crippen LogP contribution in [0.3, 0.4) is 0 Å². The molecule has 0 saturated carbocycles. The van der Waals surface area contributed by atoms with E-state index >= 15 is 0 Å². The number of hydrogen-bond donors (Lipinski definition) is 2. The van der Waals surface area contributed by atoms with Gasteiger partial charge in [-0.3, -0.25) is 14.6 Å². The predicted octanol–water partition coefficient (Wildman–Crippen LogP) is 2.72. The largest absolute Gasteiger partial charge is 0.378 e. The molecular weight excluding hydrogens is 548 g/mol. The Kier molecular flexibility index (Phi) is 7.03. The van der Waals surface area contributed by atoms with E-state index in [1.807, 2.05) is 19.2 Å². The molecule has 7 heterocycles. The number of carbonyl (C=O) groups is 2. The number of piperidine rings is 1. The molecule has 5 aromatic rings. The number of H-pyrrole nitrogens is 1. The fraction of sp³-hybridized carbons (Fsp3) is 0.367. The van der Waals surface area contributed by atoms with Crippen molar-refractivity contribution in [3.05, 3.63) is 48.5 Å². The second kappa shape index (κ2) is 11.2. The van der Waals surface area contributed by atoms with E-state index in [0.717, 1.165) is 42.4 Å². The van der Waals surface area contributed by atoms with E-state index in [1.165, 1.54) is 0 Å². The number of likely N-dealkylation sites (tertiary alicyclic amines) is 1. The number of aromatic amines is 1. The van der Waals surface area contributed by atoms with Gasteiger partial charge in [0.1, 0.15) is 11.2 Å². The number of carbonyl (C=O) groups excluding carboxylic acids is 2. The molecule has 5 aromatic heterocycles. The van der Waals surface area contributed by atoms with Crippen LogP contribution in [-0.2, 0) is 16.6 Å². The van der Waals surface area contributed by atoms with Gasteiger partial charge in [0.2, 0.25) is 5.91 Å². The van der Waals surface area contributed by atoms with E-state index in [1.54, 1.807) is 40.4 Å². The molecule has 13 nitrogen and oxygen atoms in total. The van der Waals surface area contributed by atoms with Crippen molar-refractivity contribution in [2.24, 2.45) is 13.0 Å². The lowest BCUT2D eigenvalue weighted by atomic mass is 9.96. The summed E-state index contributed by atoms with van der Waals surface area (Å²) in [7, 11) is 3.91. The first-order valence-corrected chi connectivity index (χ1v) is 14.4. The zero-order chi connectivity index (χ0) is 29.5. The lowest BCUT2D eigenvalue weighted by molar-refractivity contribution is -0.121. The van der Waals surface area contributed by atoms with Crippen molar-refractivity contribution >= 4 is 39.7 Å². The van der Waals surface area contributed by atoms with Crippen molar-refractivity contribution in [1.29, 1.82) is 0 Å². The Morgan fingerprint density at radius 2 is 1.79 bits per heavy atom. The molecule has 0 unspecified atom stereocenters. The molecule has 43 heavy (non-hydrogen) atoms. The van der Waals surface area contributed by atoms with Crippen LogP contribution in [0.15, 0.2) is 43.0 Å². The number of imidazole rings is 1. The van der Waals surface area contributed by atoms with Gasteiger partial charge in [0.15, 0.2) is 17.1 Å². The monoisotopic (exact) mass is 580 g/mol. The van der Waals surface area contributed by atoms with Gasteiger partial charge in [-0.05, 0) is 51.2 Å². The molecule has 0 bridgehead atoms. The quantitative estimate of drug-likeness (QED) is 0.320. The maximum absolute atomic E-state index is 13.3. The number of morpholine rings is 1. The Bertz CT molecular complexity index is 1830. The smallest absolute Gasteiger partial charge is 0.256 e. The summed E-state index contributed by atoms with van der Waals surface area (Å²) in [5.74, 6) is 0.421. The Balaban J connectivity index is 1.20. The minimum Gasteiger partial charge on any atom is -0.378 e. The third-order valence-electron chi connectivity index (χ3n) is 8.24. The number of aromatic nitrogens is 7. The van der Waals surface area contributed by atoms with E-state index in [9.17, 15) is 9.59 Å². The number of pyridine rings is 3. The fourth-order valence-corrected chi connectivity index (χ4v) is 5.79. The number of amides is 2. The van der Waals surface area contributed by atoms with Crippen molar-refractivity contribution in [1.82, 2.24) is 44.5 Å². The summed E-state index contributed by atoms with van der Waals surface area (Å²) in [6.45, 7) is 3.95. The summed E-state index contributed by atoms with van der Waals surface area (Å²) < 4.78 is 7.10. The first-order chi connectivity index (χ1) is 20.9. The summed E-state index contributed by atoms with van der Waals surface area (Å²) in [5.41, 5.74) is 5.04. The minimum absolute atomic E-state index is 0.00111. The number of hydrogen-bond acceptors (Lipinski definition) is 9. The minimum atomic E-state index is -0.0983. The first kappa shape index (κ1) is 27.1. The zero-order valence-corrected chi connectivity index (χ0v) is 24.1. The van der Waals surface area contributed by atoms with Crippen molar-refractivity contribution in [2.75, 3.05) is 51.8 Å².